The highest BCUT2D eigenvalue weighted by atomic mass is 19.1. The minimum absolute atomic E-state index is 0.169. The van der Waals surface area contributed by atoms with Crippen LogP contribution in [0.3, 0.4) is 0 Å². The first kappa shape index (κ1) is 17.7. The molecule has 3 N–H and O–H groups in total. The number of nitrogens with one attached hydrogen (secondary N) is 3. The van der Waals surface area contributed by atoms with E-state index in [4.69, 9.17) is 5.41 Å². The molecule has 1 amide bonds. The van der Waals surface area contributed by atoms with Crippen LogP contribution in [0.25, 0.3) is 0 Å². The van der Waals surface area contributed by atoms with E-state index < -0.39 is 28.8 Å². The van der Waals surface area contributed by atoms with Gasteiger partial charge in [0.05, 0.1) is 5.41 Å². The molecule has 7 heteroatoms. The molecule has 0 spiro atoms. The van der Waals surface area contributed by atoms with Crippen molar-refractivity contribution < 1.29 is 18.0 Å². The number of anilines is 1. The molecule has 1 fully saturated rings. The number of amidine groups is 1. The van der Waals surface area contributed by atoms with Gasteiger partial charge in [-0.15, -0.1) is 0 Å². The third-order valence-corrected chi connectivity index (χ3v) is 4.18. The lowest BCUT2D eigenvalue weighted by Gasteiger charge is -2.16. The van der Waals surface area contributed by atoms with E-state index in [9.17, 15) is 18.0 Å². The van der Waals surface area contributed by atoms with Crippen molar-refractivity contribution in [3.8, 4) is 0 Å². The first-order chi connectivity index (χ1) is 12.4. The van der Waals surface area contributed by atoms with Gasteiger partial charge in [-0.3, -0.25) is 10.2 Å². The monoisotopic (exact) mass is 359 g/mol. The Kier molecular flexibility index (Phi) is 4.79. The average molecular weight is 359 g/mol. The highest BCUT2D eigenvalue weighted by Crippen LogP contribution is 2.49. The maximum absolute atomic E-state index is 14.0. The van der Waals surface area contributed by atoms with Crippen LogP contribution in [0.2, 0.25) is 0 Å². The number of amides is 1. The SMILES string of the molecule is N=C(/C=C\Nc1cc(F)cc(F)c1)NC(=O)C1(c2ccccc2F)CC1. The van der Waals surface area contributed by atoms with Crippen LogP contribution in [0.5, 0.6) is 0 Å². The molecule has 0 saturated heterocycles. The van der Waals surface area contributed by atoms with Crippen LogP contribution in [-0.4, -0.2) is 11.7 Å². The molecule has 0 aromatic heterocycles. The Morgan fingerprint density at radius 1 is 1.08 bits per heavy atom. The Bertz CT molecular complexity index is 871. The lowest BCUT2D eigenvalue weighted by Crippen LogP contribution is -2.38. The van der Waals surface area contributed by atoms with Gasteiger partial charge in [0.15, 0.2) is 0 Å². The van der Waals surface area contributed by atoms with Crippen LogP contribution in [0, 0.1) is 22.9 Å². The molecule has 0 atom stereocenters. The summed E-state index contributed by atoms with van der Waals surface area (Å²) in [5.74, 6) is -2.58. The molecular weight excluding hydrogens is 343 g/mol. The molecule has 1 aliphatic rings. The molecular formula is C19H16F3N3O. The van der Waals surface area contributed by atoms with Crippen LogP contribution in [0.15, 0.2) is 54.7 Å². The molecule has 2 aromatic rings. The molecule has 1 aliphatic carbocycles. The number of hydrogen-bond acceptors (Lipinski definition) is 3. The number of rotatable bonds is 5. The fourth-order valence-electron chi connectivity index (χ4n) is 2.74. The van der Waals surface area contributed by atoms with E-state index in [0.29, 0.717) is 18.4 Å². The van der Waals surface area contributed by atoms with E-state index in [-0.39, 0.29) is 11.5 Å². The van der Waals surface area contributed by atoms with Crippen molar-refractivity contribution in [2.45, 2.75) is 18.3 Å². The molecule has 0 heterocycles. The van der Waals surface area contributed by atoms with Crippen LogP contribution in [0.1, 0.15) is 18.4 Å². The Morgan fingerprint density at radius 3 is 2.35 bits per heavy atom. The number of halogens is 3. The summed E-state index contributed by atoms with van der Waals surface area (Å²) in [6, 6.07) is 9.02. The van der Waals surface area contributed by atoms with E-state index >= 15 is 0 Å². The quantitative estimate of drug-likeness (QED) is 0.561. The maximum Gasteiger partial charge on any atom is 0.236 e. The Hall–Kier alpha value is -3.09. The van der Waals surface area contributed by atoms with Gasteiger partial charge in [0.1, 0.15) is 23.3 Å². The molecule has 26 heavy (non-hydrogen) atoms. The molecule has 4 nitrogen and oxygen atoms in total. The minimum atomic E-state index is -0.940. The lowest BCUT2D eigenvalue weighted by molar-refractivity contribution is -0.122. The Morgan fingerprint density at radius 2 is 1.73 bits per heavy atom. The summed E-state index contributed by atoms with van der Waals surface area (Å²) in [5, 5.41) is 12.8. The normalized spacial score (nSPS) is 14.9. The van der Waals surface area contributed by atoms with Crippen molar-refractivity contribution >= 4 is 17.4 Å². The summed E-state index contributed by atoms with van der Waals surface area (Å²) >= 11 is 0. The summed E-state index contributed by atoms with van der Waals surface area (Å²) in [6.07, 6.45) is 3.53. The van der Waals surface area contributed by atoms with Gasteiger partial charge in [-0.25, -0.2) is 13.2 Å². The zero-order chi connectivity index (χ0) is 18.7. The zero-order valence-electron chi connectivity index (χ0n) is 13.7. The van der Waals surface area contributed by atoms with E-state index in [1.54, 1.807) is 18.2 Å². The summed E-state index contributed by atoms with van der Waals surface area (Å²) in [6.45, 7) is 0. The standard InChI is InChI=1S/C19H16F3N3O/c20-12-9-13(21)11-14(10-12)24-8-5-17(23)25-18(26)19(6-7-19)15-3-1-2-4-16(15)22/h1-5,8-11,24H,6-7H2,(H2,23,25,26)/b8-5-. The van der Waals surface area contributed by atoms with E-state index in [0.717, 1.165) is 18.2 Å². The smallest absolute Gasteiger partial charge is 0.236 e. The molecule has 0 aliphatic heterocycles. The summed E-state index contributed by atoms with van der Waals surface area (Å²) < 4.78 is 40.1. The summed E-state index contributed by atoms with van der Waals surface area (Å²) in [4.78, 5) is 12.4. The molecule has 1 saturated carbocycles. The fraction of sp³-hybridized carbons (Fsp3) is 0.158. The molecule has 0 radical (unpaired) electrons. The van der Waals surface area contributed by atoms with E-state index in [1.165, 1.54) is 18.3 Å². The van der Waals surface area contributed by atoms with E-state index in [2.05, 4.69) is 10.6 Å². The number of carbonyl (C=O) groups is 1. The van der Waals surface area contributed by atoms with Gasteiger partial charge in [-0.05, 0) is 37.1 Å². The Balaban J connectivity index is 1.61. The minimum Gasteiger partial charge on any atom is -0.361 e. The van der Waals surface area contributed by atoms with Crippen LogP contribution < -0.4 is 10.6 Å². The van der Waals surface area contributed by atoms with Crippen molar-refractivity contribution in [2.75, 3.05) is 5.32 Å². The second kappa shape index (κ2) is 7.03. The molecule has 2 aromatic carbocycles. The van der Waals surface area contributed by atoms with Crippen molar-refractivity contribution in [3.05, 3.63) is 77.8 Å². The number of hydrogen-bond donors (Lipinski definition) is 3. The van der Waals surface area contributed by atoms with Gasteiger partial charge >= 0.3 is 0 Å². The second-order valence-electron chi connectivity index (χ2n) is 6.07. The third kappa shape index (κ3) is 3.77. The number of benzene rings is 2. The first-order valence-corrected chi connectivity index (χ1v) is 7.95. The zero-order valence-corrected chi connectivity index (χ0v) is 13.7. The second-order valence-corrected chi connectivity index (χ2v) is 6.07. The van der Waals surface area contributed by atoms with Crippen molar-refractivity contribution in [1.29, 1.82) is 5.41 Å². The van der Waals surface area contributed by atoms with Gasteiger partial charge < -0.3 is 10.6 Å². The van der Waals surface area contributed by atoms with Crippen LogP contribution >= 0.6 is 0 Å². The predicted molar refractivity (Wildman–Crippen MR) is 92.3 cm³/mol. The van der Waals surface area contributed by atoms with Gasteiger partial charge in [-0.2, -0.15) is 0 Å². The largest absolute Gasteiger partial charge is 0.361 e. The van der Waals surface area contributed by atoms with Gasteiger partial charge in [-0.1, -0.05) is 18.2 Å². The van der Waals surface area contributed by atoms with Crippen molar-refractivity contribution in [3.63, 3.8) is 0 Å². The highest BCUT2D eigenvalue weighted by molar-refractivity contribution is 6.07. The molecule has 3 rings (SSSR count). The maximum atomic E-state index is 14.0. The van der Waals surface area contributed by atoms with E-state index in [1.807, 2.05) is 0 Å². The average Bonchev–Trinajstić information content (AvgIpc) is 3.36. The molecule has 134 valence electrons. The summed E-state index contributed by atoms with van der Waals surface area (Å²) in [7, 11) is 0. The topological polar surface area (TPSA) is 65.0 Å². The van der Waals surface area contributed by atoms with Gasteiger partial charge in [0, 0.05) is 23.5 Å². The number of carbonyl (C=O) groups excluding carboxylic acids is 1. The lowest BCUT2D eigenvalue weighted by atomic mass is 9.94. The van der Waals surface area contributed by atoms with Gasteiger partial charge in [0.25, 0.3) is 0 Å². The molecule has 0 bridgehead atoms. The van der Waals surface area contributed by atoms with Crippen molar-refractivity contribution in [1.82, 2.24) is 5.32 Å². The highest BCUT2D eigenvalue weighted by Gasteiger charge is 2.52. The van der Waals surface area contributed by atoms with Crippen LogP contribution in [0.4, 0.5) is 18.9 Å². The summed E-state index contributed by atoms with van der Waals surface area (Å²) in [5.41, 5.74) is -0.449. The fourth-order valence-corrected chi connectivity index (χ4v) is 2.74. The Labute approximate surface area is 148 Å². The predicted octanol–water partition coefficient (Wildman–Crippen LogP) is 3.85. The first-order valence-electron chi connectivity index (χ1n) is 7.95. The van der Waals surface area contributed by atoms with Crippen LogP contribution in [-0.2, 0) is 10.2 Å². The van der Waals surface area contributed by atoms with Crippen molar-refractivity contribution in [2.24, 2.45) is 0 Å². The van der Waals surface area contributed by atoms with Gasteiger partial charge in [0.2, 0.25) is 5.91 Å². The molecule has 0 unspecified atom stereocenters. The third-order valence-electron chi connectivity index (χ3n) is 4.18.